The molecule has 0 atom stereocenters. The number of ether oxygens (including phenoxy) is 1. The Morgan fingerprint density at radius 2 is 1.93 bits per heavy atom. The number of hydrogen-bond acceptors (Lipinski definition) is 1. The highest BCUT2D eigenvalue weighted by molar-refractivity contribution is 6.30. The third kappa shape index (κ3) is 1.49. The number of benzene rings is 2. The van der Waals surface area contributed by atoms with Crippen LogP contribution < -0.4 is 4.74 Å². The van der Waals surface area contributed by atoms with E-state index in [1.54, 1.807) is 6.07 Å². The number of rotatable bonds is 0. The molecule has 0 saturated carbocycles. The smallest absolute Gasteiger partial charge is 0.131 e. The summed E-state index contributed by atoms with van der Waals surface area (Å²) >= 11 is 5.89. The molecule has 0 unspecified atom stereocenters. The molecule has 2 aromatic carbocycles. The Bertz CT molecular complexity index is 520. The third-order valence-corrected chi connectivity index (χ3v) is 2.73. The molecule has 0 N–H and O–H groups in total. The van der Waals surface area contributed by atoms with E-state index in [0.717, 1.165) is 23.5 Å². The minimum Gasteiger partial charge on any atom is -0.457 e. The molecule has 1 radical (unpaired) electrons. The van der Waals surface area contributed by atoms with E-state index in [1.807, 2.05) is 24.3 Å². The summed E-state index contributed by atoms with van der Waals surface area (Å²) in [6, 6.07) is 14.8. The van der Waals surface area contributed by atoms with Gasteiger partial charge in [0.1, 0.15) is 11.5 Å². The van der Waals surface area contributed by atoms with Crippen LogP contribution in [0.1, 0.15) is 11.1 Å². The Balaban J connectivity index is 2.11. The van der Waals surface area contributed by atoms with Crippen molar-refractivity contribution in [3.8, 4) is 11.5 Å². The molecule has 15 heavy (non-hydrogen) atoms. The van der Waals surface area contributed by atoms with Crippen LogP contribution in [0.25, 0.3) is 0 Å². The van der Waals surface area contributed by atoms with Crippen molar-refractivity contribution in [2.75, 3.05) is 0 Å². The Labute approximate surface area is 93.3 Å². The third-order valence-electron chi connectivity index (χ3n) is 2.51. The minimum absolute atomic E-state index is 0.636. The van der Waals surface area contributed by atoms with E-state index in [-0.39, 0.29) is 0 Å². The van der Waals surface area contributed by atoms with Gasteiger partial charge in [-0.05, 0) is 23.8 Å². The van der Waals surface area contributed by atoms with Gasteiger partial charge in [0, 0.05) is 23.1 Å². The zero-order valence-corrected chi connectivity index (χ0v) is 8.71. The van der Waals surface area contributed by atoms with E-state index in [9.17, 15) is 0 Å². The first-order valence-corrected chi connectivity index (χ1v) is 5.17. The average molecular weight is 216 g/mol. The van der Waals surface area contributed by atoms with Crippen LogP contribution in [0.4, 0.5) is 0 Å². The number of para-hydroxylation sites is 1. The standard InChI is InChI=1S/C13H8ClO/c14-11-5-6-13-10(8-11)7-9-3-1-2-4-12(9)15-13/h1-6H,7H2. The Kier molecular flexibility index (Phi) is 1.93. The summed E-state index contributed by atoms with van der Waals surface area (Å²) in [6.07, 6.45) is 0.839. The molecule has 0 spiro atoms. The van der Waals surface area contributed by atoms with Gasteiger partial charge in [-0.2, -0.15) is 0 Å². The van der Waals surface area contributed by atoms with Crippen LogP contribution in [0.3, 0.4) is 0 Å². The van der Waals surface area contributed by atoms with Gasteiger partial charge >= 0.3 is 0 Å². The van der Waals surface area contributed by atoms with Gasteiger partial charge in [0.15, 0.2) is 0 Å². The van der Waals surface area contributed by atoms with Crippen molar-refractivity contribution < 1.29 is 4.74 Å². The van der Waals surface area contributed by atoms with Crippen molar-refractivity contribution in [1.82, 2.24) is 0 Å². The van der Waals surface area contributed by atoms with Crippen LogP contribution in [0.5, 0.6) is 11.5 Å². The van der Waals surface area contributed by atoms with E-state index in [4.69, 9.17) is 16.3 Å². The molecule has 0 fully saturated rings. The van der Waals surface area contributed by atoms with Crippen molar-refractivity contribution in [1.29, 1.82) is 0 Å². The lowest BCUT2D eigenvalue weighted by Crippen LogP contribution is -2.02. The predicted octanol–water partition coefficient (Wildman–Crippen LogP) is 3.84. The molecular formula is C13H8ClO. The average Bonchev–Trinajstić information content (AvgIpc) is 2.26. The Hall–Kier alpha value is -1.47. The second-order valence-electron chi connectivity index (χ2n) is 3.54. The first-order valence-electron chi connectivity index (χ1n) is 4.79. The second-order valence-corrected chi connectivity index (χ2v) is 3.94. The van der Waals surface area contributed by atoms with E-state index in [2.05, 4.69) is 12.1 Å². The number of fused-ring (bicyclic) bond motifs is 2. The summed E-state index contributed by atoms with van der Waals surface area (Å²) in [6.45, 7) is 0. The van der Waals surface area contributed by atoms with Crippen molar-refractivity contribution in [3.05, 3.63) is 58.6 Å². The monoisotopic (exact) mass is 215 g/mol. The van der Waals surface area contributed by atoms with Crippen LogP contribution >= 0.6 is 11.6 Å². The molecule has 0 saturated heterocycles. The highest BCUT2D eigenvalue weighted by atomic mass is 35.5. The second kappa shape index (κ2) is 3.28. The molecule has 0 aliphatic carbocycles. The molecule has 2 aromatic rings. The quantitative estimate of drug-likeness (QED) is 0.554. The molecule has 1 aliphatic rings. The first kappa shape index (κ1) is 8.81. The molecule has 1 nitrogen and oxygen atoms in total. The van der Waals surface area contributed by atoms with E-state index >= 15 is 0 Å². The van der Waals surface area contributed by atoms with Crippen LogP contribution in [-0.2, 0) is 6.42 Å². The lowest BCUT2D eigenvalue weighted by atomic mass is 10.0. The topological polar surface area (TPSA) is 9.23 Å². The molecule has 0 aromatic heterocycles. The fraction of sp³-hybridized carbons (Fsp3) is 0.0769. The lowest BCUT2D eigenvalue weighted by molar-refractivity contribution is 0.460. The van der Waals surface area contributed by atoms with Gasteiger partial charge in [-0.15, -0.1) is 0 Å². The van der Waals surface area contributed by atoms with Gasteiger partial charge in [0.05, 0.1) is 0 Å². The maximum Gasteiger partial charge on any atom is 0.131 e. The molecule has 1 aliphatic heterocycles. The predicted molar refractivity (Wildman–Crippen MR) is 59.6 cm³/mol. The highest BCUT2D eigenvalue weighted by Gasteiger charge is 2.16. The molecule has 3 rings (SSSR count). The van der Waals surface area contributed by atoms with Crippen molar-refractivity contribution >= 4 is 11.6 Å². The zero-order chi connectivity index (χ0) is 10.3. The van der Waals surface area contributed by atoms with Crippen molar-refractivity contribution in [2.24, 2.45) is 0 Å². The molecule has 73 valence electrons. The van der Waals surface area contributed by atoms with Gasteiger partial charge in [-0.25, -0.2) is 0 Å². The Morgan fingerprint density at radius 3 is 2.87 bits per heavy atom. The van der Waals surface area contributed by atoms with Crippen LogP contribution in [0.15, 0.2) is 36.4 Å². The van der Waals surface area contributed by atoms with Gasteiger partial charge < -0.3 is 4.74 Å². The summed E-state index contributed by atoms with van der Waals surface area (Å²) in [4.78, 5) is 0. The fourth-order valence-electron chi connectivity index (χ4n) is 1.78. The first-order chi connectivity index (χ1) is 7.33. The molecule has 0 amide bonds. The highest BCUT2D eigenvalue weighted by Crippen LogP contribution is 2.36. The molecule has 1 heterocycles. The molecule has 2 heteroatoms. The van der Waals surface area contributed by atoms with Crippen molar-refractivity contribution in [2.45, 2.75) is 6.42 Å². The largest absolute Gasteiger partial charge is 0.457 e. The summed E-state index contributed by atoms with van der Waals surface area (Å²) in [7, 11) is 0. The van der Waals surface area contributed by atoms with Gasteiger partial charge in [0.2, 0.25) is 0 Å². The van der Waals surface area contributed by atoms with Crippen molar-refractivity contribution in [3.63, 3.8) is 0 Å². The lowest BCUT2D eigenvalue weighted by Gasteiger charge is -2.19. The maximum absolute atomic E-state index is 5.89. The van der Waals surface area contributed by atoms with Crippen LogP contribution in [0.2, 0.25) is 5.02 Å². The normalized spacial score (nSPS) is 12.6. The summed E-state index contributed by atoms with van der Waals surface area (Å²) in [5, 5.41) is 0.636. The number of hydrogen-bond donors (Lipinski definition) is 0. The maximum atomic E-state index is 5.89. The summed E-state index contributed by atoms with van der Waals surface area (Å²) in [5.74, 6) is 1.79. The van der Waals surface area contributed by atoms with E-state index in [0.29, 0.717) is 5.02 Å². The summed E-state index contributed by atoms with van der Waals surface area (Å²) < 4.78 is 5.74. The summed E-state index contributed by atoms with van der Waals surface area (Å²) in [5.41, 5.74) is 2.21. The fourth-order valence-corrected chi connectivity index (χ4v) is 1.96. The minimum atomic E-state index is 0.636. The molecule has 0 bridgehead atoms. The van der Waals surface area contributed by atoms with Gasteiger partial charge in [-0.1, -0.05) is 29.8 Å². The van der Waals surface area contributed by atoms with Gasteiger partial charge in [0.25, 0.3) is 0 Å². The van der Waals surface area contributed by atoms with E-state index < -0.39 is 0 Å². The van der Waals surface area contributed by atoms with E-state index in [1.165, 1.54) is 5.56 Å². The van der Waals surface area contributed by atoms with Crippen LogP contribution in [-0.4, -0.2) is 0 Å². The Morgan fingerprint density at radius 1 is 1.07 bits per heavy atom. The zero-order valence-electron chi connectivity index (χ0n) is 7.96. The molecular weight excluding hydrogens is 208 g/mol. The van der Waals surface area contributed by atoms with Gasteiger partial charge in [-0.3, -0.25) is 0 Å². The SMILES string of the molecule is Clc1[c]c2c(cc1)Oc1ccccc1C2. The number of halogens is 1. The van der Waals surface area contributed by atoms with Crippen LogP contribution in [0, 0.1) is 6.07 Å².